The maximum Gasteiger partial charge on any atom is 0.170 e. The van der Waals surface area contributed by atoms with Crippen LogP contribution in [0.1, 0.15) is 114 Å². The van der Waals surface area contributed by atoms with Crippen molar-refractivity contribution in [2.24, 2.45) is 50.7 Å². The first-order valence-electron chi connectivity index (χ1n) is 18.8. The van der Waals surface area contributed by atoms with Gasteiger partial charge in [0.2, 0.25) is 0 Å². The molecule has 1 unspecified atom stereocenters. The van der Waals surface area contributed by atoms with Gasteiger partial charge in [-0.15, -0.1) is 0 Å². The van der Waals surface area contributed by atoms with Gasteiger partial charge in [-0.2, -0.15) is 0 Å². The average Bonchev–Trinajstić information content (AvgIpc) is 3.61. The lowest BCUT2D eigenvalue weighted by Crippen LogP contribution is -2.60. The Morgan fingerprint density at radius 2 is 1.71 bits per heavy atom. The van der Waals surface area contributed by atoms with Gasteiger partial charge < -0.3 is 29.2 Å². The Bertz CT molecular complexity index is 1120. The predicted molar refractivity (Wildman–Crippen MR) is 175 cm³/mol. The minimum Gasteiger partial charge on any atom is -0.390 e. The van der Waals surface area contributed by atoms with E-state index in [-0.39, 0.29) is 40.8 Å². The van der Waals surface area contributed by atoms with Crippen LogP contribution in [0.4, 0.5) is 0 Å². The number of morpholine rings is 1. The van der Waals surface area contributed by atoms with Crippen molar-refractivity contribution in [2.45, 2.75) is 156 Å². The molecule has 0 bridgehead atoms. The molecule has 2 heterocycles. The third-order valence-corrected chi connectivity index (χ3v) is 16.0. The zero-order chi connectivity index (χ0) is 32.4. The summed E-state index contributed by atoms with van der Waals surface area (Å²) in [6.45, 7) is 24.5. The van der Waals surface area contributed by atoms with Crippen LogP contribution in [0.25, 0.3) is 0 Å². The zero-order valence-corrected chi connectivity index (χ0v) is 29.9. The topological polar surface area (TPSA) is 80.6 Å². The van der Waals surface area contributed by atoms with Crippen LogP contribution in [0.2, 0.25) is 0 Å². The van der Waals surface area contributed by atoms with Gasteiger partial charge in [0.1, 0.15) is 6.10 Å². The summed E-state index contributed by atoms with van der Waals surface area (Å²) in [6.07, 6.45) is 8.23. The van der Waals surface area contributed by atoms with Gasteiger partial charge in [-0.05, 0) is 124 Å². The van der Waals surface area contributed by atoms with E-state index in [4.69, 9.17) is 18.9 Å². The first-order chi connectivity index (χ1) is 21.1. The maximum absolute atomic E-state index is 12.6. The van der Waals surface area contributed by atoms with E-state index in [1.54, 1.807) is 0 Å². The van der Waals surface area contributed by atoms with Crippen molar-refractivity contribution >= 4 is 0 Å². The first-order valence-corrected chi connectivity index (χ1v) is 18.8. The molecule has 7 nitrogen and oxygen atoms in total. The van der Waals surface area contributed by atoms with Crippen molar-refractivity contribution in [3.63, 3.8) is 0 Å². The molecule has 7 heteroatoms. The van der Waals surface area contributed by atoms with E-state index in [1.807, 2.05) is 20.8 Å². The lowest BCUT2D eigenvalue weighted by Gasteiger charge is -2.64. The quantitative estimate of drug-likeness (QED) is 0.355. The van der Waals surface area contributed by atoms with Gasteiger partial charge in [-0.25, -0.2) is 0 Å². The molecule has 2 aliphatic heterocycles. The molecule has 0 aromatic rings. The Balaban J connectivity index is 1.14. The van der Waals surface area contributed by atoms with Crippen LogP contribution < -0.4 is 0 Å². The summed E-state index contributed by atoms with van der Waals surface area (Å²) in [7, 11) is 0. The molecular formula is C38H65NO6. The highest BCUT2D eigenvalue weighted by Crippen LogP contribution is 2.89. The van der Waals surface area contributed by atoms with Crippen molar-refractivity contribution in [3.8, 4) is 0 Å². The summed E-state index contributed by atoms with van der Waals surface area (Å²) in [4.78, 5) is 2.45. The van der Waals surface area contributed by atoms with Gasteiger partial charge in [-0.3, -0.25) is 4.90 Å². The fourth-order valence-corrected chi connectivity index (χ4v) is 13.9. The van der Waals surface area contributed by atoms with Crippen LogP contribution in [0, 0.1) is 50.7 Å². The van der Waals surface area contributed by atoms with Crippen LogP contribution in [0.5, 0.6) is 0 Å². The summed E-state index contributed by atoms with van der Waals surface area (Å²) < 4.78 is 26.1. The molecule has 5 saturated carbocycles. The molecule has 0 aromatic carbocycles. The normalized spacial score (nSPS) is 53.0. The smallest absolute Gasteiger partial charge is 0.170 e. The monoisotopic (exact) mass is 631 g/mol. The molecule has 2 N–H and O–H groups in total. The minimum absolute atomic E-state index is 0.0309. The number of ether oxygens (including phenoxy) is 4. The number of likely N-dealkylation sites (N-methyl/N-ethyl adjacent to an activating group) is 1. The van der Waals surface area contributed by atoms with Crippen LogP contribution in [0.15, 0.2) is 0 Å². The molecule has 45 heavy (non-hydrogen) atoms. The summed E-state index contributed by atoms with van der Waals surface area (Å²) >= 11 is 0. The second-order valence-electron chi connectivity index (χ2n) is 18.4. The van der Waals surface area contributed by atoms with Crippen molar-refractivity contribution in [1.29, 1.82) is 0 Å². The lowest BCUT2D eigenvalue weighted by atomic mass is 9.41. The van der Waals surface area contributed by atoms with E-state index in [9.17, 15) is 10.2 Å². The lowest BCUT2D eigenvalue weighted by molar-refractivity contribution is -0.248. The number of fused-ring (bicyclic) bond motifs is 4. The molecule has 7 rings (SSSR count). The van der Waals surface area contributed by atoms with Gasteiger partial charge in [0, 0.05) is 25.1 Å². The Morgan fingerprint density at radius 1 is 1.00 bits per heavy atom. The largest absolute Gasteiger partial charge is 0.390 e. The second-order valence-corrected chi connectivity index (χ2v) is 18.4. The summed E-state index contributed by atoms with van der Waals surface area (Å²) in [6, 6.07) is 0. The predicted octanol–water partition coefficient (Wildman–Crippen LogP) is 6.04. The Morgan fingerprint density at radius 3 is 2.40 bits per heavy atom. The second kappa shape index (κ2) is 10.9. The van der Waals surface area contributed by atoms with Gasteiger partial charge in [0.25, 0.3) is 0 Å². The maximum atomic E-state index is 12.6. The molecule has 7 fully saturated rings. The fraction of sp³-hybridized carbons (Fsp3) is 1.00. The molecular weight excluding hydrogens is 566 g/mol. The van der Waals surface area contributed by atoms with Gasteiger partial charge in [-0.1, -0.05) is 41.5 Å². The van der Waals surface area contributed by atoms with Crippen LogP contribution in [-0.2, 0) is 18.9 Å². The Hall–Kier alpha value is -0.280. The van der Waals surface area contributed by atoms with Crippen LogP contribution >= 0.6 is 0 Å². The van der Waals surface area contributed by atoms with E-state index in [2.05, 4.69) is 46.4 Å². The van der Waals surface area contributed by atoms with Crippen LogP contribution in [0.3, 0.4) is 0 Å². The third-order valence-electron chi connectivity index (χ3n) is 16.0. The summed E-state index contributed by atoms with van der Waals surface area (Å²) in [5, 5.41) is 23.6. The number of rotatable bonds is 7. The standard InChI is InChI=1S/C38H65NO6/c1-10-39-18-19-43-28(21-39)45-27-14-15-37-22-38(37)17-16-35(8)29-23(3)20-24(32(42-11-2)34(6,7)41)44-30(29)31(40)36(35,9)26(38)13-12-25(37)33(27,4)5/h23-32,40-41H,10-22H2,1-9H3/t23-,24-,25+,26+,27+,28+,29+,30+,31+,32?,35-,36-,37-,38+/m1/s1. The molecule has 14 atom stereocenters. The van der Waals surface area contributed by atoms with Gasteiger partial charge in [0.05, 0.1) is 36.6 Å². The number of hydrogen-bond acceptors (Lipinski definition) is 7. The van der Waals surface area contributed by atoms with Gasteiger partial charge >= 0.3 is 0 Å². The van der Waals surface area contributed by atoms with Gasteiger partial charge in [0.15, 0.2) is 6.29 Å². The van der Waals surface area contributed by atoms with E-state index >= 15 is 0 Å². The van der Waals surface area contributed by atoms with Crippen molar-refractivity contribution in [2.75, 3.05) is 32.8 Å². The van der Waals surface area contributed by atoms with Crippen molar-refractivity contribution in [1.82, 2.24) is 4.90 Å². The Labute approximate surface area is 273 Å². The first kappa shape index (κ1) is 33.2. The molecule has 2 spiro atoms. The number of aliphatic hydroxyl groups excluding tert-OH is 1. The average molecular weight is 632 g/mol. The molecule has 5 aliphatic carbocycles. The third kappa shape index (κ3) is 4.45. The van der Waals surface area contributed by atoms with E-state index < -0.39 is 17.8 Å². The van der Waals surface area contributed by atoms with E-state index in [0.29, 0.717) is 41.1 Å². The molecule has 7 aliphatic rings. The summed E-state index contributed by atoms with van der Waals surface area (Å²) in [5.74, 6) is 1.88. The number of hydrogen-bond donors (Lipinski definition) is 2. The van der Waals surface area contributed by atoms with Crippen molar-refractivity contribution in [3.05, 3.63) is 0 Å². The molecule has 258 valence electrons. The van der Waals surface area contributed by atoms with E-state index in [1.165, 1.54) is 38.5 Å². The molecule has 0 aromatic heterocycles. The fourth-order valence-electron chi connectivity index (χ4n) is 13.9. The van der Waals surface area contributed by atoms with Crippen molar-refractivity contribution < 1.29 is 29.2 Å². The zero-order valence-electron chi connectivity index (χ0n) is 29.9. The number of nitrogens with zero attached hydrogens (tertiary/aromatic N) is 1. The SMILES string of the molecule is CCOC([C@H]1C[C@@H](C)[C@H]2[C@H](O1)[C@H](O)[C@@]1(C)[C@@H]3CC[C@H]4C(C)(C)[C@@H](O[C@H]5CN(CC)CCO5)CC[C@@]45C[C@@]35CC[C@]21C)C(C)(C)O. The minimum atomic E-state index is -1.01. The highest BCUT2D eigenvalue weighted by molar-refractivity contribution is 5.33. The Kier molecular flexibility index (Phi) is 8.02. The highest BCUT2D eigenvalue weighted by atomic mass is 16.7. The van der Waals surface area contributed by atoms with E-state index in [0.717, 1.165) is 39.1 Å². The number of aliphatic hydroxyl groups is 2. The van der Waals surface area contributed by atoms with Crippen LogP contribution in [-0.4, -0.2) is 90.4 Å². The summed E-state index contributed by atoms with van der Waals surface area (Å²) in [5.41, 5.74) is -0.367. The molecule has 0 radical (unpaired) electrons. The molecule has 2 saturated heterocycles. The highest BCUT2D eigenvalue weighted by Gasteiger charge is 2.84. The molecule has 0 amide bonds.